The topological polar surface area (TPSA) is 124 Å². The molecule has 5 aromatic rings. The molecule has 3 heterocycles. The number of rotatable bonds is 12. The smallest absolute Gasteiger partial charge is 0.205 e. The molecule has 1 atom stereocenters. The van der Waals surface area contributed by atoms with Crippen molar-refractivity contribution in [3.05, 3.63) is 100 Å². The quantitative estimate of drug-likeness (QED) is 0.186. The highest BCUT2D eigenvalue weighted by molar-refractivity contribution is 6.30. The van der Waals surface area contributed by atoms with Gasteiger partial charge in [0, 0.05) is 32.7 Å². The molecule has 0 aliphatic rings. The second kappa shape index (κ2) is 13.1. The van der Waals surface area contributed by atoms with Crippen LogP contribution in [0.4, 0.5) is 0 Å². The number of pyridine rings is 1. The lowest BCUT2D eigenvalue weighted by molar-refractivity contribution is -0.108. The highest BCUT2D eigenvalue weighted by Crippen LogP contribution is 2.32. The van der Waals surface area contributed by atoms with Crippen LogP contribution in [0.3, 0.4) is 0 Å². The van der Waals surface area contributed by atoms with Gasteiger partial charge in [-0.05, 0) is 40.5 Å². The van der Waals surface area contributed by atoms with Crippen molar-refractivity contribution in [3.63, 3.8) is 0 Å². The number of aliphatic hydroxyl groups is 1. The summed E-state index contributed by atoms with van der Waals surface area (Å²) in [7, 11) is 3.08. The Morgan fingerprint density at radius 3 is 2.34 bits per heavy atom. The van der Waals surface area contributed by atoms with E-state index in [0.717, 1.165) is 47.3 Å². The van der Waals surface area contributed by atoms with E-state index in [1.165, 1.54) is 0 Å². The Labute approximate surface area is 243 Å². The molecule has 0 radical (unpaired) electrons. The fraction of sp³-hybridized carbons (Fsp3) is 0.300. The number of aromatic nitrogens is 7. The van der Waals surface area contributed by atoms with E-state index in [1.54, 1.807) is 26.4 Å². The summed E-state index contributed by atoms with van der Waals surface area (Å²) < 4.78 is 12.7. The van der Waals surface area contributed by atoms with E-state index >= 15 is 0 Å². The molecule has 41 heavy (non-hydrogen) atoms. The highest BCUT2D eigenvalue weighted by Gasteiger charge is 2.25. The van der Waals surface area contributed by atoms with Gasteiger partial charge in [0.1, 0.15) is 11.9 Å². The number of aliphatic hydroxyl groups excluding tert-OH is 1. The van der Waals surface area contributed by atoms with Crippen LogP contribution in [-0.4, -0.2) is 54.5 Å². The third kappa shape index (κ3) is 6.20. The molecule has 3 aromatic heterocycles. The molecule has 0 saturated heterocycles. The molecule has 1 unspecified atom stereocenters. The van der Waals surface area contributed by atoms with Crippen LogP contribution in [0.15, 0.2) is 66.7 Å². The first-order chi connectivity index (χ1) is 20.0. The number of aryl methyl sites for hydroxylation is 1. The first-order valence-electron chi connectivity index (χ1n) is 13.4. The molecule has 0 aliphatic heterocycles. The predicted octanol–water partition coefficient (Wildman–Crippen LogP) is 5.54. The minimum Gasteiger partial charge on any atom is -0.380 e. The Morgan fingerprint density at radius 1 is 0.927 bits per heavy atom. The van der Waals surface area contributed by atoms with E-state index in [9.17, 15) is 5.11 Å². The fourth-order valence-corrected chi connectivity index (χ4v) is 5.16. The number of ether oxygens (including phenoxy) is 2. The maximum atomic E-state index is 11.5. The largest absolute Gasteiger partial charge is 0.380 e. The molecule has 0 fully saturated rings. The zero-order valence-electron chi connectivity index (χ0n) is 23.2. The first-order valence-corrected chi connectivity index (χ1v) is 13.8. The maximum absolute atomic E-state index is 11.5. The standard InChI is InChI=1S/C30H32ClN7O3/c1-4-5-13-25-33-28(31)26(27(39)23-11-8-12-24(32-23)30(40-2)41-3)38(25)18-19-14-16-20(17-15-19)21-9-6-7-10-22(21)29-34-36-37-35-29/h6-12,14-17,27,30,39H,4-5,13,18H2,1-3H3,(H,34,35,36,37). The zero-order valence-corrected chi connectivity index (χ0v) is 23.9. The molecule has 212 valence electrons. The third-order valence-electron chi connectivity index (χ3n) is 6.91. The second-order valence-electron chi connectivity index (χ2n) is 9.56. The van der Waals surface area contributed by atoms with Gasteiger partial charge in [-0.15, -0.1) is 10.2 Å². The summed E-state index contributed by atoms with van der Waals surface area (Å²) in [5.74, 6) is 1.36. The maximum Gasteiger partial charge on any atom is 0.205 e. The number of benzene rings is 2. The molecule has 2 N–H and O–H groups in total. The van der Waals surface area contributed by atoms with Gasteiger partial charge in [-0.3, -0.25) is 0 Å². The number of halogens is 1. The second-order valence-corrected chi connectivity index (χ2v) is 9.92. The predicted molar refractivity (Wildman–Crippen MR) is 155 cm³/mol. The minimum absolute atomic E-state index is 0.261. The molecular formula is C30H32ClN7O3. The Hall–Kier alpha value is -3.96. The third-order valence-corrected chi connectivity index (χ3v) is 7.19. The summed E-state index contributed by atoms with van der Waals surface area (Å²) in [6.07, 6.45) is 0.955. The van der Waals surface area contributed by atoms with Crippen molar-refractivity contribution in [1.29, 1.82) is 0 Å². The average molecular weight is 574 g/mol. The van der Waals surface area contributed by atoms with Gasteiger partial charge < -0.3 is 19.1 Å². The van der Waals surface area contributed by atoms with Crippen LogP contribution >= 0.6 is 11.6 Å². The molecule has 5 rings (SSSR count). The monoisotopic (exact) mass is 573 g/mol. The van der Waals surface area contributed by atoms with E-state index in [2.05, 4.69) is 61.8 Å². The van der Waals surface area contributed by atoms with Crippen LogP contribution in [0.5, 0.6) is 0 Å². The van der Waals surface area contributed by atoms with Gasteiger partial charge in [-0.2, -0.15) is 5.21 Å². The number of methoxy groups -OCH3 is 2. The lowest BCUT2D eigenvalue weighted by atomic mass is 9.98. The van der Waals surface area contributed by atoms with Crippen molar-refractivity contribution in [3.8, 4) is 22.5 Å². The zero-order chi connectivity index (χ0) is 28.8. The molecule has 0 amide bonds. The molecular weight excluding hydrogens is 542 g/mol. The summed E-state index contributed by atoms with van der Waals surface area (Å²) in [4.78, 5) is 9.26. The Bertz CT molecular complexity index is 1570. The van der Waals surface area contributed by atoms with E-state index in [-0.39, 0.29) is 5.15 Å². The number of unbranched alkanes of at least 4 members (excludes halogenated alkanes) is 1. The summed E-state index contributed by atoms with van der Waals surface area (Å²) in [6.45, 7) is 2.61. The summed E-state index contributed by atoms with van der Waals surface area (Å²) in [5.41, 5.74) is 5.43. The van der Waals surface area contributed by atoms with E-state index < -0.39 is 12.4 Å². The number of hydrogen-bond acceptors (Lipinski definition) is 8. The van der Waals surface area contributed by atoms with Crippen molar-refractivity contribution >= 4 is 11.6 Å². The van der Waals surface area contributed by atoms with Crippen molar-refractivity contribution in [2.45, 2.75) is 45.1 Å². The van der Waals surface area contributed by atoms with Gasteiger partial charge in [0.25, 0.3) is 0 Å². The molecule has 11 heteroatoms. The van der Waals surface area contributed by atoms with Crippen LogP contribution in [0.1, 0.15) is 60.6 Å². The number of H-pyrrole nitrogens is 1. The Kier molecular flexibility index (Phi) is 9.15. The van der Waals surface area contributed by atoms with Crippen LogP contribution in [0.2, 0.25) is 5.15 Å². The SMILES string of the molecule is CCCCc1nc(Cl)c(C(O)c2cccc(C(OC)OC)n2)n1Cc1ccc(-c2ccccc2-c2nn[nH]n2)cc1. The van der Waals surface area contributed by atoms with Crippen molar-refractivity contribution < 1.29 is 14.6 Å². The van der Waals surface area contributed by atoms with Crippen LogP contribution in [0.25, 0.3) is 22.5 Å². The number of aromatic amines is 1. The average Bonchev–Trinajstić information content (AvgIpc) is 3.65. The van der Waals surface area contributed by atoms with E-state index in [0.29, 0.717) is 29.5 Å². The number of nitrogens with zero attached hydrogens (tertiary/aromatic N) is 6. The van der Waals surface area contributed by atoms with Gasteiger partial charge in [0.2, 0.25) is 12.1 Å². The normalized spacial score (nSPS) is 12.2. The Morgan fingerprint density at radius 2 is 1.66 bits per heavy atom. The molecule has 10 nitrogen and oxygen atoms in total. The van der Waals surface area contributed by atoms with Gasteiger partial charge in [-0.25, -0.2) is 9.97 Å². The van der Waals surface area contributed by atoms with Crippen molar-refractivity contribution in [2.75, 3.05) is 14.2 Å². The summed E-state index contributed by atoms with van der Waals surface area (Å²) >= 11 is 6.68. The van der Waals surface area contributed by atoms with Crippen molar-refractivity contribution in [1.82, 2.24) is 35.2 Å². The Balaban J connectivity index is 1.48. The van der Waals surface area contributed by atoms with Gasteiger partial charge >= 0.3 is 0 Å². The fourth-order valence-electron chi connectivity index (χ4n) is 4.85. The van der Waals surface area contributed by atoms with Gasteiger partial charge in [0.15, 0.2) is 5.15 Å². The van der Waals surface area contributed by atoms with Gasteiger partial charge in [0.05, 0.1) is 17.1 Å². The van der Waals surface area contributed by atoms with Crippen LogP contribution in [-0.2, 0) is 22.4 Å². The van der Waals surface area contributed by atoms with E-state index in [4.69, 9.17) is 21.1 Å². The summed E-state index contributed by atoms with van der Waals surface area (Å²) in [6, 6.07) is 21.6. The van der Waals surface area contributed by atoms with Crippen LogP contribution in [0, 0.1) is 0 Å². The molecule has 0 spiro atoms. The minimum atomic E-state index is -1.10. The summed E-state index contributed by atoms with van der Waals surface area (Å²) in [5, 5.41) is 26.3. The lowest BCUT2D eigenvalue weighted by Gasteiger charge is -2.18. The molecule has 0 saturated carbocycles. The first kappa shape index (κ1) is 28.6. The number of imidazole rings is 1. The molecule has 0 bridgehead atoms. The molecule has 0 aliphatic carbocycles. The lowest BCUT2D eigenvalue weighted by Crippen LogP contribution is -2.15. The molecule has 2 aromatic carbocycles. The van der Waals surface area contributed by atoms with Gasteiger partial charge in [-0.1, -0.05) is 79.5 Å². The van der Waals surface area contributed by atoms with Crippen molar-refractivity contribution in [2.24, 2.45) is 0 Å². The highest BCUT2D eigenvalue weighted by atomic mass is 35.5. The van der Waals surface area contributed by atoms with Crippen LogP contribution < -0.4 is 0 Å². The number of nitrogens with one attached hydrogen (secondary N) is 1. The van der Waals surface area contributed by atoms with E-state index in [1.807, 2.05) is 34.9 Å². The number of tetrazole rings is 1. The number of hydrogen-bond donors (Lipinski definition) is 2.